The van der Waals surface area contributed by atoms with Gasteiger partial charge >= 0.3 is 13.1 Å². The number of azide groups is 1. The van der Waals surface area contributed by atoms with Crippen LogP contribution in [0.15, 0.2) is 17.2 Å². The molecular weight excluding hydrogens is 374 g/mol. The Morgan fingerprint density at radius 1 is 1.25 bits per heavy atom. The largest absolute Gasteiger partial charge is 0.509 e. The molecule has 1 saturated heterocycles. The van der Waals surface area contributed by atoms with Crippen molar-refractivity contribution in [2.45, 2.75) is 39.8 Å². The van der Waals surface area contributed by atoms with Crippen LogP contribution in [0.4, 0.5) is 23.4 Å². The molecule has 154 valence electrons. The summed E-state index contributed by atoms with van der Waals surface area (Å²) in [5.74, 6) is 0. The normalized spacial score (nSPS) is 15.9. The van der Waals surface area contributed by atoms with Crippen LogP contribution in [0, 0.1) is 6.92 Å². The summed E-state index contributed by atoms with van der Waals surface area (Å²) in [5.41, 5.74) is 8.25. The summed E-state index contributed by atoms with van der Waals surface area (Å²) in [6.07, 6.45) is -0.393. The van der Waals surface area contributed by atoms with Crippen LogP contribution in [-0.2, 0) is 11.3 Å². The highest BCUT2D eigenvalue weighted by atomic mass is 19.4. The second kappa shape index (κ2) is 8.32. The zero-order valence-electron chi connectivity index (χ0n) is 16.5. The van der Waals surface area contributed by atoms with Gasteiger partial charge in [-0.3, -0.25) is 4.90 Å². The Hall–Kier alpha value is -2.39. The minimum absolute atomic E-state index is 0.0124. The second-order valence-electron chi connectivity index (χ2n) is 7.83. The Kier molecular flexibility index (Phi) is 6.51. The Morgan fingerprint density at radius 3 is 2.36 bits per heavy atom. The molecule has 0 unspecified atom stereocenters. The molecule has 1 aliphatic heterocycles. The van der Waals surface area contributed by atoms with E-state index in [0.29, 0.717) is 37.3 Å². The lowest BCUT2D eigenvalue weighted by atomic mass is 9.78. The molecule has 2 rings (SSSR count). The Labute approximate surface area is 162 Å². The molecule has 0 aromatic heterocycles. The minimum Gasteiger partial charge on any atom is -0.445 e. The molecule has 0 spiro atoms. The van der Waals surface area contributed by atoms with Gasteiger partial charge in [0.05, 0.1) is 0 Å². The van der Waals surface area contributed by atoms with Crippen LogP contribution in [0.3, 0.4) is 0 Å². The van der Waals surface area contributed by atoms with E-state index in [1.54, 1.807) is 32.6 Å². The van der Waals surface area contributed by atoms with Gasteiger partial charge in [-0.15, -0.1) is 5.46 Å². The molecule has 7 nitrogen and oxygen atoms in total. The molecule has 1 aromatic rings. The Bertz CT molecular complexity index is 780. The lowest BCUT2D eigenvalue weighted by Crippen LogP contribution is -2.49. The van der Waals surface area contributed by atoms with Gasteiger partial charge < -0.3 is 22.6 Å². The molecule has 0 saturated carbocycles. The first-order valence-corrected chi connectivity index (χ1v) is 8.99. The SMILES string of the molecule is Cc1c(CN2CCN(C(=O)OC(C)(C)C)CC2)cc([B-](F)(F)F)cc1N=[N+]=[N-]. The lowest BCUT2D eigenvalue weighted by Gasteiger charge is -2.36. The summed E-state index contributed by atoms with van der Waals surface area (Å²) in [7, 11) is 0. The number of benzene rings is 1. The van der Waals surface area contributed by atoms with E-state index in [-0.39, 0.29) is 12.2 Å². The zero-order valence-corrected chi connectivity index (χ0v) is 16.5. The number of rotatable bonds is 4. The fraction of sp³-hybridized carbons (Fsp3) is 0.588. The smallest absolute Gasteiger partial charge is 0.445 e. The topological polar surface area (TPSA) is 81.5 Å². The van der Waals surface area contributed by atoms with Crippen LogP contribution in [0.25, 0.3) is 10.4 Å². The van der Waals surface area contributed by atoms with E-state index in [9.17, 15) is 17.7 Å². The van der Waals surface area contributed by atoms with Crippen molar-refractivity contribution in [3.63, 3.8) is 0 Å². The third-order valence-electron chi connectivity index (χ3n) is 4.46. The molecular formula is C17H24BF3N5O2-. The molecule has 1 amide bonds. The molecule has 0 atom stereocenters. The van der Waals surface area contributed by atoms with Crippen molar-refractivity contribution < 1.29 is 22.5 Å². The van der Waals surface area contributed by atoms with Crippen molar-refractivity contribution >= 4 is 24.2 Å². The highest BCUT2D eigenvalue weighted by Crippen LogP contribution is 2.25. The number of hydrogen-bond acceptors (Lipinski definition) is 4. The first-order valence-electron chi connectivity index (χ1n) is 8.99. The van der Waals surface area contributed by atoms with Gasteiger partial charge in [0.1, 0.15) is 5.60 Å². The Morgan fingerprint density at radius 2 is 1.86 bits per heavy atom. The lowest BCUT2D eigenvalue weighted by molar-refractivity contribution is 0.0139. The van der Waals surface area contributed by atoms with E-state index in [1.165, 1.54) is 0 Å². The summed E-state index contributed by atoms with van der Waals surface area (Å²) < 4.78 is 45.0. The standard InChI is InChI=1S/C17H24BF3N5O2/c1-12-13(9-14(18(19,20)21)10-15(12)23-24-22)11-25-5-7-26(8-6-25)16(27)28-17(2,3)4/h9-10H,5-8,11H2,1-4H3/q-1. The van der Waals surface area contributed by atoms with E-state index in [0.717, 1.165) is 12.1 Å². The van der Waals surface area contributed by atoms with Crippen molar-refractivity contribution in [1.82, 2.24) is 9.80 Å². The number of halogens is 3. The predicted molar refractivity (Wildman–Crippen MR) is 102 cm³/mol. The van der Waals surface area contributed by atoms with Crippen LogP contribution in [-0.4, -0.2) is 54.7 Å². The minimum atomic E-state index is -5.21. The van der Waals surface area contributed by atoms with Gasteiger partial charge in [-0.1, -0.05) is 17.2 Å². The molecule has 1 fully saturated rings. The third kappa shape index (κ3) is 5.80. The van der Waals surface area contributed by atoms with Crippen LogP contribution >= 0.6 is 0 Å². The Balaban J connectivity index is 2.11. The number of carbonyl (C=O) groups excluding carboxylic acids is 1. The molecule has 28 heavy (non-hydrogen) atoms. The number of ether oxygens (including phenoxy) is 1. The van der Waals surface area contributed by atoms with Crippen LogP contribution in [0.1, 0.15) is 31.9 Å². The van der Waals surface area contributed by atoms with E-state index >= 15 is 0 Å². The predicted octanol–water partition coefficient (Wildman–Crippen LogP) is 4.04. The molecule has 0 aliphatic carbocycles. The molecule has 1 heterocycles. The van der Waals surface area contributed by atoms with E-state index in [4.69, 9.17) is 10.3 Å². The molecule has 0 N–H and O–H groups in total. The number of amides is 1. The van der Waals surface area contributed by atoms with E-state index < -0.39 is 24.1 Å². The average molecular weight is 398 g/mol. The second-order valence-corrected chi connectivity index (χ2v) is 7.83. The molecule has 0 bridgehead atoms. The highest BCUT2D eigenvalue weighted by Gasteiger charge is 2.29. The first-order chi connectivity index (χ1) is 12.9. The third-order valence-corrected chi connectivity index (χ3v) is 4.46. The molecule has 1 aromatic carbocycles. The summed E-state index contributed by atoms with van der Waals surface area (Å²) in [6.45, 7) is 3.97. The van der Waals surface area contributed by atoms with Gasteiger partial charge in [-0.2, -0.15) is 0 Å². The maximum Gasteiger partial charge on any atom is 0.509 e. The summed E-state index contributed by atoms with van der Waals surface area (Å²) >= 11 is 0. The van der Waals surface area contributed by atoms with Gasteiger partial charge in [0.15, 0.2) is 0 Å². The van der Waals surface area contributed by atoms with E-state index in [1.807, 2.05) is 4.90 Å². The molecule has 1 aliphatic rings. The van der Waals surface area contributed by atoms with Gasteiger partial charge in [-0.25, -0.2) is 4.79 Å². The molecule has 0 radical (unpaired) electrons. The van der Waals surface area contributed by atoms with Crippen LogP contribution in [0.5, 0.6) is 0 Å². The highest BCUT2D eigenvalue weighted by molar-refractivity contribution is 6.73. The van der Waals surface area contributed by atoms with Crippen molar-refractivity contribution in [3.8, 4) is 0 Å². The summed E-state index contributed by atoms with van der Waals surface area (Å²) in [6, 6.07) is 2.00. The van der Waals surface area contributed by atoms with E-state index in [2.05, 4.69) is 10.0 Å². The number of piperazine rings is 1. The van der Waals surface area contributed by atoms with Gasteiger partial charge in [0.2, 0.25) is 0 Å². The number of nitrogens with zero attached hydrogens (tertiary/aromatic N) is 5. The fourth-order valence-corrected chi connectivity index (χ4v) is 2.94. The van der Waals surface area contributed by atoms with Crippen molar-refractivity contribution in [1.29, 1.82) is 0 Å². The van der Waals surface area contributed by atoms with Crippen molar-refractivity contribution in [2.75, 3.05) is 26.2 Å². The maximum atomic E-state index is 13.2. The fourth-order valence-electron chi connectivity index (χ4n) is 2.94. The number of hydrogen-bond donors (Lipinski definition) is 0. The van der Waals surface area contributed by atoms with Crippen molar-refractivity contribution in [2.24, 2.45) is 5.11 Å². The first kappa shape index (κ1) is 21.9. The average Bonchev–Trinajstić information content (AvgIpc) is 2.56. The monoisotopic (exact) mass is 398 g/mol. The van der Waals surface area contributed by atoms with Crippen LogP contribution in [0.2, 0.25) is 0 Å². The zero-order chi connectivity index (χ0) is 21.1. The summed E-state index contributed by atoms with van der Waals surface area (Å²) in [4.78, 5) is 18.3. The summed E-state index contributed by atoms with van der Waals surface area (Å²) in [5, 5.41) is 3.41. The van der Waals surface area contributed by atoms with Crippen molar-refractivity contribution in [3.05, 3.63) is 33.7 Å². The van der Waals surface area contributed by atoms with Crippen LogP contribution < -0.4 is 5.46 Å². The number of carbonyl (C=O) groups is 1. The maximum absolute atomic E-state index is 13.2. The van der Waals surface area contributed by atoms with Gasteiger partial charge in [0.25, 0.3) is 0 Å². The quantitative estimate of drug-likeness (QED) is 0.332. The van der Waals surface area contributed by atoms with Gasteiger partial charge in [-0.05, 0) is 44.4 Å². The molecule has 11 heteroatoms. The van der Waals surface area contributed by atoms with Gasteiger partial charge in [0, 0.05) is 43.3 Å².